The first kappa shape index (κ1) is 9.33. The molecule has 2 heteroatoms. The van der Waals surface area contributed by atoms with Gasteiger partial charge in [-0.15, -0.1) is 0 Å². The van der Waals surface area contributed by atoms with E-state index in [-0.39, 0.29) is 0 Å². The number of phenolic OH excluding ortho intramolecular Hbond substituents is 1. The summed E-state index contributed by atoms with van der Waals surface area (Å²) in [6, 6.07) is 0. The maximum atomic E-state index is 9.66. The minimum Gasteiger partial charge on any atom is -0.507 e. The van der Waals surface area contributed by atoms with E-state index in [4.69, 9.17) is 0 Å². The topological polar surface area (TPSA) is 20.2 Å². The Hall–Kier alpha value is -0.763. The van der Waals surface area contributed by atoms with Gasteiger partial charge in [0, 0.05) is 0 Å². The van der Waals surface area contributed by atoms with Crippen LogP contribution in [0.25, 0.3) is 0 Å². The van der Waals surface area contributed by atoms with E-state index >= 15 is 0 Å². The number of hydrogen-bond acceptors (Lipinski definition) is 1. The second kappa shape index (κ2) is 2.94. The molecule has 3 radical (unpaired) electrons. The molecule has 0 aliphatic carbocycles. The van der Waals surface area contributed by atoms with E-state index in [1.807, 2.05) is 20.8 Å². The molecule has 1 aromatic rings. The zero-order valence-electron chi connectivity index (χ0n) is 7.95. The summed E-state index contributed by atoms with van der Waals surface area (Å²) in [5.41, 5.74) is 4.27. The van der Waals surface area contributed by atoms with Gasteiger partial charge < -0.3 is 5.11 Å². The highest BCUT2D eigenvalue weighted by Gasteiger charge is 2.09. The van der Waals surface area contributed by atoms with Crippen LogP contribution in [0.4, 0.5) is 0 Å². The molecular weight excluding hydrogens is 164 g/mol. The third kappa shape index (κ3) is 1.16. The molecule has 1 aromatic carbocycles. The van der Waals surface area contributed by atoms with Crippen LogP contribution in [0.2, 0.25) is 0 Å². The summed E-state index contributed by atoms with van der Waals surface area (Å²) in [5.74, 6) is 0.406. The van der Waals surface area contributed by atoms with Crippen molar-refractivity contribution in [1.29, 1.82) is 0 Å². The lowest BCUT2D eigenvalue weighted by atomic mass is 9.99. The van der Waals surface area contributed by atoms with Gasteiger partial charge in [-0.3, -0.25) is 0 Å². The second-order valence-electron chi connectivity index (χ2n) is 3.22. The first-order chi connectivity index (χ1) is 5.46. The van der Waals surface area contributed by atoms with E-state index in [1.165, 1.54) is 5.56 Å². The van der Waals surface area contributed by atoms with Gasteiger partial charge in [0.2, 0.25) is 0 Å². The quantitative estimate of drug-likeness (QED) is 0.594. The maximum Gasteiger partial charge on any atom is 0.121 e. The summed E-state index contributed by atoms with van der Waals surface area (Å²) in [7, 11) is 3.51. The second-order valence-corrected chi connectivity index (χ2v) is 3.72. The Morgan fingerprint density at radius 3 is 1.83 bits per heavy atom. The maximum absolute atomic E-state index is 9.66. The Balaban J connectivity index is 3.60. The van der Waals surface area contributed by atoms with Crippen molar-refractivity contribution in [3.63, 3.8) is 0 Å². The molecule has 0 amide bonds. The Morgan fingerprint density at radius 2 is 1.33 bits per heavy atom. The summed E-state index contributed by atoms with van der Waals surface area (Å²) < 4.78 is 0. The van der Waals surface area contributed by atoms with Crippen LogP contribution >= 0.6 is 0 Å². The van der Waals surface area contributed by atoms with Crippen molar-refractivity contribution in [1.82, 2.24) is 0 Å². The van der Waals surface area contributed by atoms with Gasteiger partial charge >= 0.3 is 0 Å². The SMILES string of the molecule is Cc1c(C)c(O)c(C)c([Si])c1C. The van der Waals surface area contributed by atoms with E-state index in [1.54, 1.807) is 0 Å². The number of rotatable bonds is 0. The Bertz CT molecular complexity index is 224. The van der Waals surface area contributed by atoms with Gasteiger partial charge in [0.05, 0.1) is 10.2 Å². The summed E-state index contributed by atoms with van der Waals surface area (Å²) in [4.78, 5) is 0. The van der Waals surface area contributed by atoms with Gasteiger partial charge in [-0.2, -0.15) is 0 Å². The Kier molecular flexibility index (Phi) is 2.28. The Morgan fingerprint density at radius 1 is 0.833 bits per heavy atom. The van der Waals surface area contributed by atoms with Crippen LogP contribution in [0.15, 0.2) is 0 Å². The largest absolute Gasteiger partial charge is 0.507 e. The zero-order valence-corrected chi connectivity index (χ0v) is 8.95. The highest BCUT2D eigenvalue weighted by atomic mass is 28.1. The van der Waals surface area contributed by atoms with Gasteiger partial charge in [-0.05, 0) is 49.9 Å². The third-order valence-electron chi connectivity index (χ3n) is 2.59. The van der Waals surface area contributed by atoms with E-state index < -0.39 is 0 Å². The first-order valence-corrected chi connectivity index (χ1v) is 4.47. The van der Waals surface area contributed by atoms with Crippen molar-refractivity contribution in [3.8, 4) is 5.75 Å². The molecule has 63 valence electrons. The van der Waals surface area contributed by atoms with Crippen LogP contribution in [0.3, 0.4) is 0 Å². The normalized spacial score (nSPS) is 10.4. The van der Waals surface area contributed by atoms with Crippen LogP contribution in [0, 0.1) is 27.7 Å². The molecule has 1 rings (SSSR count). The van der Waals surface area contributed by atoms with Crippen LogP contribution in [-0.4, -0.2) is 15.3 Å². The van der Waals surface area contributed by atoms with Gasteiger partial charge in [0.25, 0.3) is 0 Å². The molecule has 0 unspecified atom stereocenters. The third-order valence-corrected chi connectivity index (χ3v) is 3.34. The molecule has 1 nitrogen and oxygen atoms in total. The summed E-state index contributed by atoms with van der Waals surface area (Å²) in [5, 5.41) is 10.7. The van der Waals surface area contributed by atoms with Crippen molar-refractivity contribution < 1.29 is 5.11 Å². The van der Waals surface area contributed by atoms with Crippen LogP contribution in [-0.2, 0) is 0 Å². The Labute approximate surface area is 76.9 Å². The molecule has 0 aliphatic rings. The van der Waals surface area contributed by atoms with Crippen molar-refractivity contribution in [3.05, 3.63) is 22.3 Å². The molecule has 0 aromatic heterocycles. The van der Waals surface area contributed by atoms with E-state index in [0.29, 0.717) is 5.75 Å². The summed E-state index contributed by atoms with van der Waals surface area (Å²) in [6.45, 7) is 7.93. The predicted molar refractivity (Wildman–Crippen MR) is 52.4 cm³/mol. The van der Waals surface area contributed by atoms with Crippen LogP contribution in [0.1, 0.15) is 22.3 Å². The van der Waals surface area contributed by atoms with E-state index in [2.05, 4.69) is 17.2 Å². The minimum atomic E-state index is 0.406. The van der Waals surface area contributed by atoms with Crippen molar-refractivity contribution in [2.75, 3.05) is 0 Å². The van der Waals surface area contributed by atoms with Crippen molar-refractivity contribution >= 4 is 15.4 Å². The first-order valence-electron chi connectivity index (χ1n) is 3.97. The van der Waals surface area contributed by atoms with Gasteiger partial charge in [0.15, 0.2) is 0 Å². The molecular formula is C10H13OSi. The van der Waals surface area contributed by atoms with Crippen molar-refractivity contribution in [2.24, 2.45) is 0 Å². The molecule has 1 N–H and O–H groups in total. The molecule has 0 spiro atoms. The minimum absolute atomic E-state index is 0.406. The van der Waals surface area contributed by atoms with Gasteiger partial charge in [0.1, 0.15) is 5.75 Å². The molecule has 0 saturated carbocycles. The number of hydrogen-bond donors (Lipinski definition) is 1. The van der Waals surface area contributed by atoms with E-state index in [0.717, 1.165) is 21.9 Å². The molecule has 0 aliphatic heterocycles. The number of aromatic hydroxyl groups is 1. The highest BCUT2D eigenvalue weighted by molar-refractivity contribution is 6.34. The number of phenols is 1. The van der Waals surface area contributed by atoms with Gasteiger partial charge in [-0.25, -0.2) is 0 Å². The van der Waals surface area contributed by atoms with Crippen LogP contribution in [0.5, 0.6) is 5.75 Å². The standard InChI is InChI=1S/C10H13OSi/c1-5-6(2)9(11)8(4)10(12)7(5)3/h11H,1-4H3. The molecule has 12 heavy (non-hydrogen) atoms. The lowest BCUT2D eigenvalue weighted by Crippen LogP contribution is -2.14. The average Bonchev–Trinajstić information content (AvgIpc) is 2.08. The lowest BCUT2D eigenvalue weighted by molar-refractivity contribution is 0.467. The molecule has 0 bridgehead atoms. The smallest absolute Gasteiger partial charge is 0.121 e. The summed E-state index contributed by atoms with van der Waals surface area (Å²) >= 11 is 0. The fourth-order valence-corrected chi connectivity index (χ4v) is 1.63. The molecule has 0 fully saturated rings. The van der Waals surface area contributed by atoms with Crippen LogP contribution < -0.4 is 5.19 Å². The van der Waals surface area contributed by atoms with E-state index in [9.17, 15) is 5.11 Å². The predicted octanol–water partition coefficient (Wildman–Crippen LogP) is 1.42. The molecule has 0 heterocycles. The average molecular weight is 177 g/mol. The van der Waals surface area contributed by atoms with Gasteiger partial charge in [-0.1, -0.05) is 5.19 Å². The number of benzene rings is 1. The monoisotopic (exact) mass is 177 g/mol. The molecule has 0 saturated heterocycles. The zero-order chi connectivity index (χ0) is 9.46. The summed E-state index contributed by atoms with van der Waals surface area (Å²) in [6.07, 6.45) is 0. The van der Waals surface area contributed by atoms with Crippen molar-refractivity contribution in [2.45, 2.75) is 27.7 Å². The lowest BCUT2D eigenvalue weighted by Gasteiger charge is -2.13. The highest BCUT2D eigenvalue weighted by Crippen LogP contribution is 2.24. The fourth-order valence-electron chi connectivity index (χ4n) is 1.33. The fraction of sp³-hybridized carbons (Fsp3) is 0.400. The molecule has 0 atom stereocenters.